The fraction of sp³-hybridized carbons (Fsp3) is 0.310. The Kier molecular flexibility index (Phi) is 9.52. The molecule has 0 heterocycles. The largest absolute Gasteiger partial charge is 0.497 e. The van der Waals surface area contributed by atoms with Gasteiger partial charge in [-0.3, -0.25) is 13.9 Å². The third-order valence-electron chi connectivity index (χ3n) is 6.26. The normalized spacial score (nSPS) is 11.9. The molecule has 0 spiro atoms. The number of amides is 2. The number of nitrogens with zero attached hydrogens (tertiary/aromatic N) is 2. The Labute approximate surface area is 225 Å². The highest BCUT2D eigenvalue weighted by molar-refractivity contribution is 7.92. The zero-order valence-electron chi connectivity index (χ0n) is 22.5. The summed E-state index contributed by atoms with van der Waals surface area (Å²) >= 11 is 0. The van der Waals surface area contributed by atoms with Crippen LogP contribution in [-0.4, -0.2) is 51.4 Å². The van der Waals surface area contributed by atoms with Crippen LogP contribution in [0.4, 0.5) is 5.69 Å². The van der Waals surface area contributed by atoms with E-state index in [1.807, 2.05) is 38.1 Å². The molecule has 0 unspecified atom stereocenters. The van der Waals surface area contributed by atoms with Crippen LogP contribution >= 0.6 is 0 Å². The molecule has 3 aromatic carbocycles. The second kappa shape index (κ2) is 12.6. The monoisotopic (exact) mass is 537 g/mol. The Bertz CT molecular complexity index is 1360. The summed E-state index contributed by atoms with van der Waals surface area (Å²) in [5.41, 5.74) is 2.87. The molecule has 0 aliphatic heterocycles. The highest BCUT2D eigenvalue weighted by atomic mass is 32.2. The first-order valence-electron chi connectivity index (χ1n) is 12.4. The van der Waals surface area contributed by atoms with Gasteiger partial charge in [0.15, 0.2) is 0 Å². The first-order valence-corrected chi connectivity index (χ1v) is 13.9. The zero-order chi connectivity index (χ0) is 27.9. The quantitative estimate of drug-likeness (QED) is 0.398. The van der Waals surface area contributed by atoms with Crippen LogP contribution < -0.4 is 14.4 Å². The molecule has 0 bridgehead atoms. The molecular weight excluding hydrogens is 502 g/mol. The minimum atomic E-state index is -4.09. The number of carbonyl (C=O) groups excluding carboxylic acids is 2. The van der Waals surface area contributed by atoms with Crippen LogP contribution in [0.5, 0.6) is 5.75 Å². The lowest BCUT2D eigenvalue weighted by atomic mass is 10.1. The smallest absolute Gasteiger partial charge is 0.264 e. The lowest BCUT2D eigenvalue weighted by molar-refractivity contribution is -0.139. The van der Waals surface area contributed by atoms with Gasteiger partial charge in [0.1, 0.15) is 18.3 Å². The van der Waals surface area contributed by atoms with Crippen LogP contribution in [0.2, 0.25) is 0 Å². The van der Waals surface area contributed by atoms with Crippen LogP contribution in [-0.2, 0) is 26.2 Å². The van der Waals surface area contributed by atoms with Gasteiger partial charge in [0.05, 0.1) is 17.7 Å². The third kappa shape index (κ3) is 6.72. The van der Waals surface area contributed by atoms with Crippen molar-refractivity contribution in [2.75, 3.05) is 24.5 Å². The molecule has 0 aromatic heterocycles. The maximum atomic E-state index is 13.9. The number of methoxy groups -OCH3 is 1. The van der Waals surface area contributed by atoms with Crippen LogP contribution in [0.3, 0.4) is 0 Å². The molecule has 1 N–H and O–H groups in total. The lowest BCUT2D eigenvalue weighted by Gasteiger charge is -2.32. The SMILES string of the molecule is CCNC(=O)[C@@H](C)N(Cc1ccc(OC)cc1)C(=O)CN(c1ccc(C)cc1C)S(=O)(=O)c1ccccc1. The van der Waals surface area contributed by atoms with Crippen LogP contribution in [0, 0.1) is 13.8 Å². The van der Waals surface area contributed by atoms with Crippen LogP contribution in [0.1, 0.15) is 30.5 Å². The average Bonchev–Trinajstić information content (AvgIpc) is 2.91. The fourth-order valence-corrected chi connectivity index (χ4v) is 5.65. The number of aryl methyl sites for hydroxylation is 2. The van der Waals surface area contributed by atoms with Gasteiger partial charge < -0.3 is 15.0 Å². The second-order valence-electron chi connectivity index (χ2n) is 9.05. The van der Waals surface area contributed by atoms with Crippen molar-refractivity contribution in [1.29, 1.82) is 0 Å². The maximum Gasteiger partial charge on any atom is 0.264 e. The molecule has 38 heavy (non-hydrogen) atoms. The van der Waals surface area contributed by atoms with E-state index in [1.165, 1.54) is 17.0 Å². The summed E-state index contributed by atoms with van der Waals surface area (Å²) in [7, 11) is -2.52. The number of carbonyl (C=O) groups is 2. The highest BCUT2D eigenvalue weighted by Crippen LogP contribution is 2.28. The summed E-state index contributed by atoms with van der Waals surface area (Å²) in [6.07, 6.45) is 0. The minimum Gasteiger partial charge on any atom is -0.497 e. The van der Waals surface area contributed by atoms with Gasteiger partial charge in [0.25, 0.3) is 10.0 Å². The van der Waals surface area contributed by atoms with Crippen molar-refractivity contribution in [3.05, 3.63) is 89.5 Å². The summed E-state index contributed by atoms with van der Waals surface area (Å²) in [6.45, 7) is 7.22. The summed E-state index contributed by atoms with van der Waals surface area (Å²) in [4.78, 5) is 28.1. The van der Waals surface area contributed by atoms with E-state index in [9.17, 15) is 18.0 Å². The number of hydrogen-bond acceptors (Lipinski definition) is 5. The van der Waals surface area contributed by atoms with Gasteiger partial charge >= 0.3 is 0 Å². The molecule has 3 rings (SSSR count). The summed E-state index contributed by atoms with van der Waals surface area (Å²) in [6, 6.07) is 19.8. The number of benzene rings is 3. The van der Waals surface area contributed by atoms with E-state index in [-0.39, 0.29) is 17.3 Å². The van der Waals surface area contributed by atoms with E-state index < -0.39 is 28.5 Å². The molecule has 8 nitrogen and oxygen atoms in total. The predicted octanol–water partition coefficient (Wildman–Crippen LogP) is 4.06. The average molecular weight is 538 g/mol. The van der Waals surface area contributed by atoms with Crippen LogP contribution in [0.25, 0.3) is 0 Å². The standard InChI is InChI=1S/C29H35N3O5S/c1-6-30-29(34)23(4)31(19-24-13-15-25(37-5)16-14-24)28(33)20-32(27-17-12-21(2)18-22(27)3)38(35,36)26-10-8-7-9-11-26/h7-18,23H,6,19-20H2,1-5H3,(H,30,34)/t23-/m1/s1. The molecule has 0 aliphatic carbocycles. The molecule has 202 valence electrons. The number of rotatable bonds is 11. The number of sulfonamides is 1. The van der Waals surface area contributed by atoms with Gasteiger partial charge in [-0.15, -0.1) is 0 Å². The maximum absolute atomic E-state index is 13.9. The van der Waals surface area contributed by atoms with Gasteiger partial charge in [0.2, 0.25) is 11.8 Å². The van der Waals surface area contributed by atoms with Gasteiger partial charge in [0, 0.05) is 13.1 Å². The molecule has 1 atom stereocenters. The Hall–Kier alpha value is -3.85. The van der Waals surface area contributed by atoms with Crippen LogP contribution in [0.15, 0.2) is 77.7 Å². The molecule has 0 fully saturated rings. The van der Waals surface area contributed by atoms with E-state index in [2.05, 4.69) is 5.32 Å². The molecular formula is C29H35N3O5S. The number of ether oxygens (including phenoxy) is 1. The van der Waals surface area contributed by atoms with E-state index in [0.29, 0.717) is 18.0 Å². The Morgan fingerprint density at radius 3 is 2.21 bits per heavy atom. The Balaban J connectivity index is 2.04. The molecule has 0 radical (unpaired) electrons. The minimum absolute atomic E-state index is 0.0752. The van der Waals surface area contributed by atoms with Crippen molar-refractivity contribution in [3.63, 3.8) is 0 Å². The van der Waals surface area contributed by atoms with Crippen molar-refractivity contribution in [2.24, 2.45) is 0 Å². The van der Waals surface area contributed by atoms with Gasteiger partial charge in [-0.1, -0.05) is 48.0 Å². The lowest BCUT2D eigenvalue weighted by Crippen LogP contribution is -2.51. The summed E-state index contributed by atoms with van der Waals surface area (Å²) < 4.78 is 34.0. The molecule has 0 aliphatic rings. The molecule has 2 amide bonds. The number of likely N-dealkylation sites (N-methyl/N-ethyl adjacent to an activating group) is 1. The molecule has 0 saturated heterocycles. The topological polar surface area (TPSA) is 96.0 Å². The number of hydrogen-bond donors (Lipinski definition) is 1. The first-order chi connectivity index (χ1) is 18.1. The van der Waals surface area contributed by atoms with Gasteiger partial charge in [-0.25, -0.2) is 8.42 Å². The van der Waals surface area contributed by atoms with Crippen molar-refractivity contribution in [3.8, 4) is 5.75 Å². The Morgan fingerprint density at radius 1 is 0.974 bits per heavy atom. The third-order valence-corrected chi connectivity index (χ3v) is 8.04. The summed E-state index contributed by atoms with van der Waals surface area (Å²) in [5.74, 6) is -0.157. The highest BCUT2D eigenvalue weighted by Gasteiger charge is 2.33. The Morgan fingerprint density at radius 2 is 1.63 bits per heavy atom. The van der Waals surface area contributed by atoms with Crippen molar-refractivity contribution in [1.82, 2.24) is 10.2 Å². The van der Waals surface area contributed by atoms with Gasteiger partial charge in [-0.2, -0.15) is 0 Å². The van der Waals surface area contributed by atoms with E-state index in [1.54, 1.807) is 57.4 Å². The predicted molar refractivity (Wildman–Crippen MR) is 149 cm³/mol. The first kappa shape index (κ1) is 28.7. The molecule has 9 heteroatoms. The molecule has 0 saturated carbocycles. The van der Waals surface area contributed by atoms with Crippen molar-refractivity contribution >= 4 is 27.5 Å². The fourth-order valence-electron chi connectivity index (χ4n) is 4.15. The number of anilines is 1. The van der Waals surface area contributed by atoms with E-state index >= 15 is 0 Å². The summed E-state index contributed by atoms with van der Waals surface area (Å²) in [5, 5.41) is 2.76. The van der Waals surface area contributed by atoms with Gasteiger partial charge in [-0.05, 0) is 69.2 Å². The van der Waals surface area contributed by atoms with E-state index in [4.69, 9.17) is 4.74 Å². The second-order valence-corrected chi connectivity index (χ2v) is 10.9. The van der Waals surface area contributed by atoms with Crippen molar-refractivity contribution < 1.29 is 22.7 Å². The number of nitrogens with one attached hydrogen (secondary N) is 1. The zero-order valence-corrected chi connectivity index (χ0v) is 23.3. The van der Waals surface area contributed by atoms with E-state index in [0.717, 1.165) is 21.0 Å². The molecule has 3 aromatic rings. The van der Waals surface area contributed by atoms with Crippen molar-refractivity contribution in [2.45, 2.75) is 45.2 Å².